The number of amides is 1. The van der Waals surface area contributed by atoms with Crippen LogP contribution < -0.4 is 11.1 Å². The summed E-state index contributed by atoms with van der Waals surface area (Å²) in [5.41, 5.74) is 6.73. The molecule has 1 amide bonds. The van der Waals surface area contributed by atoms with Crippen LogP contribution in [0, 0.1) is 5.92 Å². The van der Waals surface area contributed by atoms with Gasteiger partial charge in [-0.25, -0.2) is 4.99 Å². The van der Waals surface area contributed by atoms with Crippen LogP contribution in [0.5, 0.6) is 0 Å². The minimum absolute atomic E-state index is 0.0311. The van der Waals surface area contributed by atoms with Crippen LogP contribution in [0.3, 0.4) is 0 Å². The highest BCUT2D eigenvalue weighted by Crippen LogP contribution is 2.18. The molecular weight excluding hydrogens is 320 g/mol. The number of primary amides is 1. The van der Waals surface area contributed by atoms with Gasteiger partial charge in [0.2, 0.25) is 5.91 Å². The van der Waals surface area contributed by atoms with Gasteiger partial charge in [0.25, 0.3) is 0 Å². The fourth-order valence-corrected chi connectivity index (χ4v) is 2.91. The molecule has 0 aliphatic carbocycles. The van der Waals surface area contributed by atoms with Crippen molar-refractivity contribution in [3.63, 3.8) is 0 Å². The molecule has 3 N–H and O–H groups in total. The molecule has 2 rings (SSSR count). The molecule has 1 aliphatic rings. The van der Waals surface area contributed by atoms with Crippen LogP contribution in [0.15, 0.2) is 29.3 Å². The third-order valence-corrected chi connectivity index (χ3v) is 4.29. The Kier molecular flexibility index (Phi) is 6.80. The number of hydrogen-bond donors (Lipinski definition) is 2. The van der Waals surface area contributed by atoms with Crippen molar-refractivity contribution in [1.29, 1.82) is 0 Å². The van der Waals surface area contributed by atoms with Crippen molar-refractivity contribution in [3.05, 3.63) is 35.4 Å². The van der Waals surface area contributed by atoms with Gasteiger partial charge in [0.15, 0.2) is 5.96 Å². The SMILES string of the molecule is CCNC(=NCc1cccc(C(N)=O)c1)N1CCC(C(=O)OC)CC1. The molecule has 1 aromatic rings. The number of ether oxygens (including phenoxy) is 1. The number of carbonyl (C=O) groups excluding carboxylic acids is 2. The number of hydrogen-bond acceptors (Lipinski definition) is 4. The predicted molar refractivity (Wildman–Crippen MR) is 96.1 cm³/mol. The molecule has 0 bridgehead atoms. The fourth-order valence-electron chi connectivity index (χ4n) is 2.91. The molecule has 1 aromatic carbocycles. The minimum atomic E-state index is -0.442. The zero-order valence-electron chi connectivity index (χ0n) is 14.8. The van der Waals surface area contributed by atoms with Gasteiger partial charge in [-0.15, -0.1) is 0 Å². The number of piperidine rings is 1. The molecule has 7 nitrogen and oxygen atoms in total. The van der Waals surface area contributed by atoms with Crippen LogP contribution in [0.2, 0.25) is 0 Å². The van der Waals surface area contributed by atoms with Crippen molar-refractivity contribution >= 4 is 17.8 Å². The van der Waals surface area contributed by atoms with Gasteiger partial charge in [-0.1, -0.05) is 12.1 Å². The lowest BCUT2D eigenvalue weighted by molar-refractivity contribution is -0.146. The van der Waals surface area contributed by atoms with E-state index < -0.39 is 5.91 Å². The second-order valence-electron chi connectivity index (χ2n) is 6.02. The van der Waals surface area contributed by atoms with E-state index >= 15 is 0 Å². The number of guanidine groups is 1. The summed E-state index contributed by atoms with van der Waals surface area (Å²) < 4.78 is 4.83. The first kappa shape index (κ1) is 18.8. The molecule has 1 heterocycles. The summed E-state index contributed by atoms with van der Waals surface area (Å²) >= 11 is 0. The predicted octanol–water partition coefficient (Wildman–Crippen LogP) is 1.14. The quantitative estimate of drug-likeness (QED) is 0.473. The van der Waals surface area contributed by atoms with E-state index in [1.165, 1.54) is 7.11 Å². The van der Waals surface area contributed by atoms with E-state index in [1.807, 2.05) is 13.0 Å². The Morgan fingerprint density at radius 3 is 2.68 bits per heavy atom. The number of likely N-dealkylation sites (tertiary alicyclic amines) is 1. The second kappa shape index (κ2) is 9.05. The zero-order chi connectivity index (χ0) is 18.2. The lowest BCUT2D eigenvalue weighted by atomic mass is 9.97. The summed E-state index contributed by atoms with van der Waals surface area (Å²) in [6.45, 7) is 4.75. The number of nitrogens with two attached hydrogens (primary N) is 1. The molecule has 1 saturated heterocycles. The molecule has 25 heavy (non-hydrogen) atoms. The zero-order valence-corrected chi connectivity index (χ0v) is 14.8. The Morgan fingerprint density at radius 1 is 1.36 bits per heavy atom. The number of aliphatic imine (C=N–C) groups is 1. The molecule has 0 atom stereocenters. The molecule has 0 radical (unpaired) electrons. The van der Waals surface area contributed by atoms with Gasteiger partial charge in [-0.3, -0.25) is 9.59 Å². The summed E-state index contributed by atoms with van der Waals surface area (Å²) in [7, 11) is 1.43. The Balaban J connectivity index is 2.03. The lowest BCUT2D eigenvalue weighted by Crippen LogP contribution is -2.46. The van der Waals surface area contributed by atoms with Crippen LogP contribution in [0.25, 0.3) is 0 Å². The topological polar surface area (TPSA) is 97.0 Å². The maximum Gasteiger partial charge on any atom is 0.308 e. The Bertz CT molecular complexity index is 637. The van der Waals surface area contributed by atoms with Crippen LogP contribution in [-0.4, -0.2) is 49.5 Å². The Hall–Kier alpha value is -2.57. The van der Waals surface area contributed by atoms with E-state index in [4.69, 9.17) is 10.5 Å². The summed E-state index contributed by atoms with van der Waals surface area (Å²) in [6.07, 6.45) is 1.52. The summed E-state index contributed by atoms with van der Waals surface area (Å²) in [6, 6.07) is 7.18. The summed E-state index contributed by atoms with van der Waals surface area (Å²) in [5.74, 6) is 0.208. The maximum absolute atomic E-state index is 11.6. The average molecular weight is 346 g/mol. The number of esters is 1. The van der Waals surface area contributed by atoms with Crippen LogP contribution in [0.1, 0.15) is 35.7 Å². The molecular formula is C18H26N4O3. The average Bonchev–Trinajstić information content (AvgIpc) is 2.65. The van der Waals surface area contributed by atoms with E-state index in [2.05, 4.69) is 15.2 Å². The number of methoxy groups -OCH3 is 1. The first-order valence-electron chi connectivity index (χ1n) is 8.55. The third kappa shape index (κ3) is 5.20. The molecule has 0 aromatic heterocycles. The van der Waals surface area contributed by atoms with E-state index in [-0.39, 0.29) is 11.9 Å². The Labute approximate surface area is 148 Å². The van der Waals surface area contributed by atoms with Crippen LogP contribution in [0.4, 0.5) is 0 Å². The van der Waals surface area contributed by atoms with Crippen LogP contribution >= 0.6 is 0 Å². The number of benzene rings is 1. The van der Waals surface area contributed by atoms with Gasteiger partial charge in [0, 0.05) is 25.2 Å². The van der Waals surface area contributed by atoms with Gasteiger partial charge in [-0.2, -0.15) is 0 Å². The molecule has 136 valence electrons. The van der Waals surface area contributed by atoms with Gasteiger partial charge < -0.3 is 20.7 Å². The van der Waals surface area contributed by atoms with Crippen molar-refractivity contribution in [1.82, 2.24) is 10.2 Å². The highest BCUT2D eigenvalue weighted by Gasteiger charge is 2.26. The Morgan fingerprint density at radius 2 is 2.08 bits per heavy atom. The lowest BCUT2D eigenvalue weighted by Gasteiger charge is -2.33. The van der Waals surface area contributed by atoms with Crippen molar-refractivity contribution in [2.75, 3.05) is 26.7 Å². The van der Waals surface area contributed by atoms with E-state index in [9.17, 15) is 9.59 Å². The minimum Gasteiger partial charge on any atom is -0.469 e. The first-order valence-corrected chi connectivity index (χ1v) is 8.55. The molecule has 0 saturated carbocycles. The first-order chi connectivity index (χ1) is 12.0. The van der Waals surface area contributed by atoms with Gasteiger partial charge in [-0.05, 0) is 37.5 Å². The standard InChI is InChI=1S/C18H26N4O3/c1-3-20-18(22-9-7-14(8-10-22)17(24)25-2)21-12-13-5-4-6-15(11-13)16(19)23/h4-6,11,14H,3,7-10,12H2,1-2H3,(H2,19,23)(H,20,21). The summed E-state index contributed by atoms with van der Waals surface area (Å²) in [4.78, 5) is 29.7. The molecule has 0 spiro atoms. The number of rotatable bonds is 5. The highest BCUT2D eigenvalue weighted by molar-refractivity contribution is 5.92. The normalized spacial score (nSPS) is 15.8. The van der Waals surface area contributed by atoms with E-state index in [0.29, 0.717) is 12.1 Å². The molecule has 1 fully saturated rings. The van der Waals surface area contributed by atoms with Crippen molar-refractivity contribution in [2.45, 2.75) is 26.3 Å². The highest BCUT2D eigenvalue weighted by atomic mass is 16.5. The summed E-state index contributed by atoms with van der Waals surface area (Å²) in [5, 5.41) is 3.29. The van der Waals surface area contributed by atoms with E-state index in [0.717, 1.165) is 44.0 Å². The molecule has 0 unspecified atom stereocenters. The van der Waals surface area contributed by atoms with Crippen molar-refractivity contribution in [2.24, 2.45) is 16.6 Å². The fraction of sp³-hybridized carbons (Fsp3) is 0.500. The van der Waals surface area contributed by atoms with Gasteiger partial charge >= 0.3 is 5.97 Å². The smallest absolute Gasteiger partial charge is 0.308 e. The van der Waals surface area contributed by atoms with Gasteiger partial charge in [0.05, 0.1) is 19.6 Å². The second-order valence-corrected chi connectivity index (χ2v) is 6.02. The maximum atomic E-state index is 11.6. The molecule has 7 heteroatoms. The van der Waals surface area contributed by atoms with Crippen LogP contribution in [-0.2, 0) is 16.1 Å². The van der Waals surface area contributed by atoms with Gasteiger partial charge in [0.1, 0.15) is 0 Å². The molecule has 1 aliphatic heterocycles. The number of nitrogens with zero attached hydrogens (tertiary/aromatic N) is 2. The number of carbonyl (C=O) groups is 2. The van der Waals surface area contributed by atoms with Crippen molar-refractivity contribution < 1.29 is 14.3 Å². The van der Waals surface area contributed by atoms with E-state index in [1.54, 1.807) is 18.2 Å². The number of nitrogens with one attached hydrogen (secondary N) is 1. The van der Waals surface area contributed by atoms with Crippen molar-refractivity contribution in [3.8, 4) is 0 Å². The largest absolute Gasteiger partial charge is 0.469 e. The third-order valence-electron chi connectivity index (χ3n) is 4.29. The monoisotopic (exact) mass is 346 g/mol.